The van der Waals surface area contributed by atoms with Gasteiger partial charge >= 0.3 is 0 Å². The average molecular weight is 222 g/mol. The lowest BCUT2D eigenvalue weighted by Crippen LogP contribution is -2.27. The number of hydrogen-bond donors (Lipinski definition) is 3. The fourth-order valence-corrected chi connectivity index (χ4v) is 1.49. The number of nitrogens with two attached hydrogens (primary N) is 1. The molecule has 5 nitrogen and oxygen atoms in total. The van der Waals surface area contributed by atoms with E-state index >= 15 is 0 Å². The molecule has 0 aliphatic heterocycles. The van der Waals surface area contributed by atoms with Crippen molar-refractivity contribution >= 4 is 17.3 Å². The standard InChI is InChI=1S/C11H18N4O/c1-3-15(4-2)10-7-5-9(6-8-10)13-11(12)14-16/h5-8,16H,3-4H2,1-2H3,(H3,12,13,14). The summed E-state index contributed by atoms with van der Waals surface area (Å²) < 4.78 is 0. The minimum absolute atomic E-state index is 0.0180. The highest BCUT2D eigenvalue weighted by atomic mass is 16.5. The summed E-state index contributed by atoms with van der Waals surface area (Å²) in [5.74, 6) is -0.0180. The lowest BCUT2D eigenvalue weighted by molar-refractivity contribution is 0.233. The Morgan fingerprint density at radius 3 is 2.31 bits per heavy atom. The van der Waals surface area contributed by atoms with Crippen molar-refractivity contribution in [2.45, 2.75) is 13.8 Å². The number of rotatable bonds is 4. The molecule has 0 spiro atoms. The van der Waals surface area contributed by atoms with Crippen molar-refractivity contribution < 1.29 is 5.21 Å². The number of hydroxylamine groups is 1. The van der Waals surface area contributed by atoms with Gasteiger partial charge < -0.3 is 10.6 Å². The highest BCUT2D eigenvalue weighted by Gasteiger charge is 2.00. The number of anilines is 1. The van der Waals surface area contributed by atoms with Gasteiger partial charge in [0.1, 0.15) is 0 Å². The van der Waals surface area contributed by atoms with Crippen LogP contribution in [0.1, 0.15) is 13.8 Å². The van der Waals surface area contributed by atoms with Gasteiger partial charge in [-0.1, -0.05) is 0 Å². The van der Waals surface area contributed by atoms with E-state index in [2.05, 4.69) is 23.7 Å². The molecular formula is C11H18N4O. The Morgan fingerprint density at radius 1 is 1.31 bits per heavy atom. The topological polar surface area (TPSA) is 73.9 Å². The van der Waals surface area contributed by atoms with Crippen molar-refractivity contribution in [2.24, 2.45) is 10.7 Å². The van der Waals surface area contributed by atoms with E-state index in [0.717, 1.165) is 18.8 Å². The van der Waals surface area contributed by atoms with Crippen LogP contribution in [0.5, 0.6) is 0 Å². The van der Waals surface area contributed by atoms with Gasteiger partial charge in [-0.05, 0) is 38.1 Å². The number of nitrogens with zero attached hydrogens (tertiary/aromatic N) is 2. The SMILES string of the molecule is CCN(CC)c1ccc(N=C(N)NO)cc1. The molecule has 16 heavy (non-hydrogen) atoms. The van der Waals surface area contributed by atoms with Crippen LogP contribution in [-0.4, -0.2) is 24.3 Å². The molecular weight excluding hydrogens is 204 g/mol. The summed E-state index contributed by atoms with van der Waals surface area (Å²) in [6.07, 6.45) is 0. The van der Waals surface area contributed by atoms with Crippen molar-refractivity contribution in [3.05, 3.63) is 24.3 Å². The molecule has 0 atom stereocenters. The van der Waals surface area contributed by atoms with Gasteiger partial charge in [-0.25, -0.2) is 10.5 Å². The van der Waals surface area contributed by atoms with Gasteiger partial charge in [0, 0.05) is 18.8 Å². The first-order chi connectivity index (χ1) is 7.71. The smallest absolute Gasteiger partial charge is 0.218 e. The van der Waals surface area contributed by atoms with E-state index < -0.39 is 0 Å². The van der Waals surface area contributed by atoms with Crippen molar-refractivity contribution in [1.29, 1.82) is 0 Å². The summed E-state index contributed by atoms with van der Waals surface area (Å²) >= 11 is 0. The first-order valence-corrected chi connectivity index (χ1v) is 5.30. The van der Waals surface area contributed by atoms with Crippen LogP contribution in [0.3, 0.4) is 0 Å². The molecule has 0 aromatic heterocycles. The predicted molar refractivity (Wildman–Crippen MR) is 66.2 cm³/mol. The Hall–Kier alpha value is -1.75. The Bertz CT molecular complexity index is 344. The van der Waals surface area contributed by atoms with Gasteiger partial charge in [-0.3, -0.25) is 5.21 Å². The largest absolute Gasteiger partial charge is 0.372 e. The first kappa shape index (κ1) is 12.3. The monoisotopic (exact) mass is 222 g/mol. The lowest BCUT2D eigenvalue weighted by Gasteiger charge is -2.20. The van der Waals surface area contributed by atoms with Crippen LogP contribution in [0.2, 0.25) is 0 Å². The molecule has 0 bridgehead atoms. The summed E-state index contributed by atoms with van der Waals surface area (Å²) in [4.78, 5) is 6.18. The molecule has 0 fully saturated rings. The van der Waals surface area contributed by atoms with Gasteiger partial charge in [-0.15, -0.1) is 0 Å². The van der Waals surface area contributed by atoms with Crippen LogP contribution in [0.25, 0.3) is 0 Å². The molecule has 0 aliphatic carbocycles. The summed E-state index contributed by atoms with van der Waals surface area (Å²) in [5, 5.41) is 8.50. The second-order valence-corrected chi connectivity index (χ2v) is 3.30. The quantitative estimate of drug-likeness (QED) is 0.409. The Morgan fingerprint density at radius 2 is 1.88 bits per heavy atom. The molecule has 4 N–H and O–H groups in total. The lowest BCUT2D eigenvalue weighted by atomic mass is 10.2. The van der Waals surface area contributed by atoms with Gasteiger partial charge in [0.05, 0.1) is 5.69 Å². The Kier molecular flexibility index (Phi) is 4.60. The molecule has 5 heteroatoms. The summed E-state index contributed by atoms with van der Waals surface area (Å²) in [6, 6.07) is 7.68. The molecule has 0 aliphatic rings. The first-order valence-electron chi connectivity index (χ1n) is 5.30. The maximum atomic E-state index is 8.50. The highest BCUT2D eigenvalue weighted by molar-refractivity contribution is 5.79. The van der Waals surface area contributed by atoms with Crippen LogP contribution in [0, 0.1) is 0 Å². The third-order valence-corrected chi connectivity index (χ3v) is 2.34. The van der Waals surface area contributed by atoms with Crippen LogP contribution in [0.15, 0.2) is 29.3 Å². The predicted octanol–water partition coefficient (Wildman–Crippen LogP) is 1.46. The maximum Gasteiger partial charge on any atom is 0.218 e. The molecule has 88 valence electrons. The van der Waals surface area contributed by atoms with Gasteiger partial charge in [0.2, 0.25) is 5.96 Å². The fourth-order valence-electron chi connectivity index (χ4n) is 1.49. The van der Waals surface area contributed by atoms with Crippen molar-refractivity contribution in [1.82, 2.24) is 5.48 Å². The van der Waals surface area contributed by atoms with Crippen LogP contribution >= 0.6 is 0 Å². The van der Waals surface area contributed by atoms with Crippen LogP contribution < -0.4 is 16.1 Å². The molecule has 0 saturated carbocycles. The van der Waals surface area contributed by atoms with Crippen molar-refractivity contribution in [3.63, 3.8) is 0 Å². The van der Waals surface area contributed by atoms with E-state index in [1.165, 1.54) is 0 Å². The van der Waals surface area contributed by atoms with Gasteiger partial charge in [-0.2, -0.15) is 0 Å². The Labute approximate surface area is 95.5 Å². The third kappa shape index (κ3) is 3.13. The van der Waals surface area contributed by atoms with E-state index in [0.29, 0.717) is 5.69 Å². The normalized spacial score (nSPS) is 11.3. The highest BCUT2D eigenvalue weighted by Crippen LogP contribution is 2.19. The summed E-state index contributed by atoms with van der Waals surface area (Å²) in [7, 11) is 0. The summed E-state index contributed by atoms with van der Waals surface area (Å²) in [6.45, 7) is 6.17. The zero-order valence-electron chi connectivity index (χ0n) is 9.64. The van der Waals surface area contributed by atoms with Crippen LogP contribution in [-0.2, 0) is 0 Å². The molecule has 0 unspecified atom stereocenters. The molecule has 0 radical (unpaired) electrons. The minimum atomic E-state index is -0.0180. The minimum Gasteiger partial charge on any atom is -0.372 e. The van der Waals surface area contributed by atoms with E-state index in [-0.39, 0.29) is 5.96 Å². The fraction of sp³-hybridized carbons (Fsp3) is 0.364. The zero-order valence-corrected chi connectivity index (χ0v) is 9.64. The van der Waals surface area contributed by atoms with Gasteiger partial charge in [0.15, 0.2) is 0 Å². The molecule has 1 aromatic carbocycles. The maximum absolute atomic E-state index is 8.50. The van der Waals surface area contributed by atoms with Crippen LogP contribution in [0.4, 0.5) is 11.4 Å². The Balaban J connectivity index is 2.82. The number of hydrogen-bond acceptors (Lipinski definition) is 3. The van der Waals surface area contributed by atoms with Crippen molar-refractivity contribution in [3.8, 4) is 0 Å². The number of benzene rings is 1. The number of aliphatic imine (C=N–C) groups is 1. The van der Waals surface area contributed by atoms with E-state index in [9.17, 15) is 0 Å². The zero-order chi connectivity index (χ0) is 12.0. The number of guanidine groups is 1. The molecule has 0 amide bonds. The van der Waals surface area contributed by atoms with Crippen molar-refractivity contribution in [2.75, 3.05) is 18.0 Å². The van der Waals surface area contributed by atoms with Gasteiger partial charge in [0.25, 0.3) is 0 Å². The second kappa shape index (κ2) is 5.97. The molecule has 1 aromatic rings. The molecule has 1 rings (SSSR count). The number of nitrogens with one attached hydrogen (secondary N) is 1. The average Bonchev–Trinajstić information content (AvgIpc) is 2.32. The second-order valence-electron chi connectivity index (χ2n) is 3.30. The van der Waals surface area contributed by atoms with E-state index in [4.69, 9.17) is 10.9 Å². The van der Waals surface area contributed by atoms with E-state index in [1.54, 1.807) is 5.48 Å². The third-order valence-electron chi connectivity index (χ3n) is 2.34. The molecule has 0 saturated heterocycles. The molecule has 0 heterocycles. The summed E-state index contributed by atoms with van der Waals surface area (Å²) in [5.41, 5.74) is 8.98. The van der Waals surface area contributed by atoms with E-state index in [1.807, 2.05) is 24.3 Å².